The fourth-order valence-electron chi connectivity index (χ4n) is 3.28. The number of anilines is 1. The van der Waals surface area contributed by atoms with E-state index in [1.807, 2.05) is 0 Å². The molecular weight excluding hydrogens is 390 g/mol. The average Bonchev–Trinajstić information content (AvgIpc) is 3.11. The highest BCUT2D eigenvalue weighted by Gasteiger charge is 2.34. The lowest BCUT2D eigenvalue weighted by molar-refractivity contribution is -0.128. The Balaban J connectivity index is 1.52. The number of hydrogen-bond donors (Lipinski definition) is 1. The SMILES string of the molecule is CNC(=O)C1CN(C(=O)COC(=O)c2c(C)nn3cccnc23)c2ccccc2O1. The molecule has 4 rings (SSSR count). The number of carbonyl (C=O) groups is 3. The van der Waals surface area contributed by atoms with Gasteiger partial charge in [0.25, 0.3) is 11.8 Å². The first kappa shape index (κ1) is 19.4. The molecule has 1 unspecified atom stereocenters. The molecule has 0 fully saturated rings. The molecule has 10 heteroatoms. The summed E-state index contributed by atoms with van der Waals surface area (Å²) in [4.78, 5) is 43.1. The van der Waals surface area contributed by atoms with E-state index in [1.54, 1.807) is 49.6 Å². The number of nitrogens with zero attached hydrogens (tertiary/aromatic N) is 4. The van der Waals surface area contributed by atoms with Gasteiger partial charge in [0.1, 0.15) is 11.3 Å². The van der Waals surface area contributed by atoms with Crippen LogP contribution in [0, 0.1) is 6.92 Å². The first-order valence-corrected chi connectivity index (χ1v) is 9.24. The average molecular weight is 409 g/mol. The summed E-state index contributed by atoms with van der Waals surface area (Å²) in [5.74, 6) is -1.12. The van der Waals surface area contributed by atoms with Crippen LogP contribution in [0.2, 0.25) is 0 Å². The molecule has 3 heterocycles. The summed E-state index contributed by atoms with van der Waals surface area (Å²) in [6.07, 6.45) is 2.35. The number of hydrogen-bond acceptors (Lipinski definition) is 7. The minimum Gasteiger partial charge on any atom is -0.477 e. The normalized spacial score (nSPS) is 15.3. The largest absolute Gasteiger partial charge is 0.477 e. The van der Waals surface area contributed by atoms with Crippen LogP contribution >= 0.6 is 0 Å². The number of ether oxygens (including phenoxy) is 2. The van der Waals surface area contributed by atoms with Gasteiger partial charge in [-0.25, -0.2) is 14.3 Å². The van der Waals surface area contributed by atoms with E-state index in [2.05, 4.69) is 15.4 Å². The molecule has 1 aromatic carbocycles. The van der Waals surface area contributed by atoms with E-state index in [-0.39, 0.29) is 18.0 Å². The van der Waals surface area contributed by atoms with Gasteiger partial charge in [-0.2, -0.15) is 5.10 Å². The molecule has 30 heavy (non-hydrogen) atoms. The maximum Gasteiger partial charge on any atom is 0.344 e. The van der Waals surface area contributed by atoms with Crippen molar-refractivity contribution in [3.63, 3.8) is 0 Å². The Kier molecular flexibility index (Phi) is 5.05. The Morgan fingerprint density at radius 3 is 2.87 bits per heavy atom. The number of fused-ring (bicyclic) bond motifs is 2. The van der Waals surface area contributed by atoms with Crippen molar-refractivity contribution in [2.45, 2.75) is 13.0 Å². The first-order chi connectivity index (χ1) is 14.5. The Morgan fingerprint density at radius 1 is 1.27 bits per heavy atom. The maximum atomic E-state index is 12.9. The molecule has 1 aliphatic rings. The summed E-state index contributed by atoms with van der Waals surface area (Å²) < 4.78 is 12.4. The van der Waals surface area contributed by atoms with Crippen molar-refractivity contribution < 1.29 is 23.9 Å². The Labute approximate surface area is 171 Å². The highest BCUT2D eigenvalue weighted by atomic mass is 16.5. The van der Waals surface area contributed by atoms with Crippen LogP contribution in [0.15, 0.2) is 42.7 Å². The van der Waals surface area contributed by atoms with Gasteiger partial charge in [-0.05, 0) is 25.1 Å². The quantitative estimate of drug-likeness (QED) is 0.632. The predicted octanol–water partition coefficient (Wildman–Crippen LogP) is 0.735. The zero-order chi connectivity index (χ0) is 21.3. The molecule has 1 atom stereocenters. The lowest BCUT2D eigenvalue weighted by atomic mass is 10.1. The number of carbonyl (C=O) groups excluding carboxylic acids is 3. The van der Waals surface area contributed by atoms with Crippen LogP contribution in [0.4, 0.5) is 5.69 Å². The van der Waals surface area contributed by atoms with Gasteiger partial charge in [0.2, 0.25) is 0 Å². The monoisotopic (exact) mass is 409 g/mol. The summed E-state index contributed by atoms with van der Waals surface area (Å²) in [6.45, 7) is 1.17. The lowest BCUT2D eigenvalue weighted by Crippen LogP contribution is -2.51. The standard InChI is InChI=1S/C20H19N5O5/c1-12-17(18-22-8-5-9-25(18)23-12)20(28)29-11-16(26)24-10-15(19(27)21-2)30-14-7-4-3-6-13(14)24/h3-9,15H,10-11H2,1-2H3,(H,21,27). The van der Waals surface area contributed by atoms with Crippen LogP contribution in [-0.4, -0.2) is 58.7 Å². The van der Waals surface area contributed by atoms with E-state index in [4.69, 9.17) is 9.47 Å². The smallest absolute Gasteiger partial charge is 0.344 e. The van der Waals surface area contributed by atoms with Gasteiger partial charge in [-0.3, -0.25) is 9.59 Å². The molecule has 0 radical (unpaired) electrons. The zero-order valence-electron chi connectivity index (χ0n) is 16.4. The molecule has 1 N–H and O–H groups in total. The van der Waals surface area contributed by atoms with Gasteiger partial charge in [-0.15, -0.1) is 0 Å². The third kappa shape index (κ3) is 3.43. The molecule has 154 valence electrons. The second kappa shape index (κ2) is 7.82. The predicted molar refractivity (Wildman–Crippen MR) is 105 cm³/mol. The number of para-hydroxylation sites is 2. The topological polar surface area (TPSA) is 115 Å². The van der Waals surface area contributed by atoms with Crippen molar-refractivity contribution in [2.75, 3.05) is 25.1 Å². The Hall–Kier alpha value is -3.95. The van der Waals surface area contributed by atoms with Gasteiger partial charge in [0, 0.05) is 19.4 Å². The summed E-state index contributed by atoms with van der Waals surface area (Å²) >= 11 is 0. The van der Waals surface area contributed by atoms with Gasteiger partial charge in [0.05, 0.1) is 17.9 Å². The van der Waals surface area contributed by atoms with Crippen LogP contribution in [0.1, 0.15) is 16.1 Å². The van der Waals surface area contributed by atoms with E-state index < -0.39 is 24.6 Å². The van der Waals surface area contributed by atoms with Crippen molar-refractivity contribution >= 4 is 29.1 Å². The van der Waals surface area contributed by atoms with Gasteiger partial charge in [-0.1, -0.05) is 12.1 Å². The Morgan fingerprint density at radius 2 is 2.07 bits per heavy atom. The van der Waals surface area contributed by atoms with E-state index in [0.29, 0.717) is 22.8 Å². The third-order valence-corrected chi connectivity index (χ3v) is 4.71. The van der Waals surface area contributed by atoms with Crippen molar-refractivity contribution in [2.24, 2.45) is 0 Å². The fourth-order valence-corrected chi connectivity index (χ4v) is 3.28. The minimum absolute atomic E-state index is 0.00433. The number of likely N-dealkylation sites (N-methyl/N-ethyl adjacent to an activating group) is 1. The van der Waals surface area contributed by atoms with Crippen LogP contribution in [-0.2, 0) is 14.3 Å². The number of aryl methyl sites for hydroxylation is 1. The molecule has 0 spiro atoms. The van der Waals surface area contributed by atoms with Gasteiger partial charge in [0.15, 0.2) is 18.4 Å². The summed E-state index contributed by atoms with van der Waals surface area (Å²) in [7, 11) is 1.49. The number of aromatic nitrogens is 3. The number of benzene rings is 1. The van der Waals surface area contributed by atoms with Crippen LogP contribution in [0.3, 0.4) is 0 Å². The number of amides is 2. The Bertz CT molecular complexity index is 1140. The molecule has 0 saturated carbocycles. The molecule has 2 aromatic heterocycles. The minimum atomic E-state index is -0.865. The van der Waals surface area contributed by atoms with E-state index in [9.17, 15) is 14.4 Å². The van der Waals surface area contributed by atoms with E-state index in [1.165, 1.54) is 16.5 Å². The number of esters is 1. The van der Waals surface area contributed by atoms with Crippen LogP contribution in [0.5, 0.6) is 5.75 Å². The summed E-state index contributed by atoms with van der Waals surface area (Å²) in [6, 6.07) is 8.56. The molecular formula is C20H19N5O5. The van der Waals surface area contributed by atoms with Crippen molar-refractivity contribution in [1.29, 1.82) is 0 Å². The second-order valence-electron chi connectivity index (χ2n) is 6.62. The molecule has 2 amide bonds. The first-order valence-electron chi connectivity index (χ1n) is 9.24. The summed E-state index contributed by atoms with van der Waals surface area (Å²) in [5, 5.41) is 6.73. The molecule has 10 nitrogen and oxygen atoms in total. The molecule has 1 aliphatic heterocycles. The second-order valence-corrected chi connectivity index (χ2v) is 6.62. The van der Waals surface area contributed by atoms with Crippen LogP contribution in [0.25, 0.3) is 5.65 Å². The van der Waals surface area contributed by atoms with Crippen LogP contribution < -0.4 is 15.0 Å². The van der Waals surface area contributed by atoms with Gasteiger partial charge < -0.3 is 19.7 Å². The number of rotatable bonds is 4. The highest BCUT2D eigenvalue weighted by molar-refractivity contribution is 6.01. The third-order valence-electron chi connectivity index (χ3n) is 4.71. The van der Waals surface area contributed by atoms with E-state index >= 15 is 0 Å². The summed E-state index contributed by atoms with van der Waals surface area (Å²) in [5.41, 5.74) is 1.51. The van der Waals surface area contributed by atoms with Crippen molar-refractivity contribution in [3.8, 4) is 5.75 Å². The fraction of sp³-hybridized carbons (Fsp3) is 0.250. The zero-order valence-corrected chi connectivity index (χ0v) is 16.4. The maximum absolute atomic E-state index is 12.9. The number of nitrogens with one attached hydrogen (secondary N) is 1. The molecule has 0 saturated heterocycles. The molecule has 0 aliphatic carbocycles. The van der Waals surface area contributed by atoms with E-state index in [0.717, 1.165) is 0 Å². The lowest BCUT2D eigenvalue weighted by Gasteiger charge is -2.33. The van der Waals surface area contributed by atoms with Crippen molar-refractivity contribution in [3.05, 3.63) is 54.0 Å². The molecule has 3 aromatic rings. The van der Waals surface area contributed by atoms with Gasteiger partial charge >= 0.3 is 5.97 Å². The molecule has 0 bridgehead atoms. The van der Waals surface area contributed by atoms with Crippen molar-refractivity contribution in [1.82, 2.24) is 19.9 Å². The highest BCUT2D eigenvalue weighted by Crippen LogP contribution is 2.33.